The highest BCUT2D eigenvalue weighted by atomic mass is 35.5. The minimum absolute atomic E-state index is 0.0719. The molecule has 0 bridgehead atoms. The third kappa shape index (κ3) is 5.55. The minimum Gasteiger partial charge on any atom is -0.493 e. The number of amides is 2. The number of aryl methyl sites for hydroxylation is 2. The van der Waals surface area contributed by atoms with Gasteiger partial charge in [0, 0.05) is 43.0 Å². The van der Waals surface area contributed by atoms with Crippen molar-refractivity contribution in [2.24, 2.45) is 5.41 Å². The van der Waals surface area contributed by atoms with Gasteiger partial charge in [-0.3, -0.25) is 9.59 Å². The summed E-state index contributed by atoms with van der Waals surface area (Å²) in [5, 5.41) is 4.64. The molecule has 0 spiro atoms. The Bertz CT molecular complexity index is 1020. The maximum absolute atomic E-state index is 13.5. The van der Waals surface area contributed by atoms with E-state index in [9.17, 15) is 9.59 Å². The Balaban J connectivity index is 1.56. The number of halogens is 1. The number of carbonyl (C=O) groups excluding carboxylic acids is 2. The lowest BCUT2D eigenvalue weighted by atomic mass is 9.77. The van der Waals surface area contributed by atoms with Crippen LogP contribution in [0.4, 0.5) is 0 Å². The molecule has 0 radical (unpaired) electrons. The Labute approximate surface area is 205 Å². The lowest BCUT2D eigenvalue weighted by molar-refractivity contribution is -0.139. The first-order valence-electron chi connectivity index (χ1n) is 11.9. The van der Waals surface area contributed by atoms with E-state index in [0.29, 0.717) is 86.6 Å². The van der Waals surface area contributed by atoms with Gasteiger partial charge in [0.1, 0.15) is 17.1 Å². The van der Waals surface area contributed by atoms with Crippen molar-refractivity contribution in [2.75, 3.05) is 46.0 Å². The van der Waals surface area contributed by atoms with Gasteiger partial charge in [-0.2, -0.15) is 0 Å². The van der Waals surface area contributed by atoms with Crippen molar-refractivity contribution in [3.8, 4) is 5.75 Å². The number of hydrogen-bond acceptors (Lipinski definition) is 6. The number of carbonyl (C=O) groups is 2. The molecule has 9 heteroatoms. The highest BCUT2D eigenvalue weighted by Gasteiger charge is 2.42. The van der Waals surface area contributed by atoms with Crippen LogP contribution in [0.3, 0.4) is 0 Å². The highest BCUT2D eigenvalue weighted by Crippen LogP contribution is 2.36. The van der Waals surface area contributed by atoms with Crippen LogP contribution in [0.25, 0.3) is 0 Å². The van der Waals surface area contributed by atoms with E-state index in [-0.39, 0.29) is 11.8 Å². The van der Waals surface area contributed by atoms with Crippen LogP contribution in [0, 0.1) is 12.3 Å². The van der Waals surface area contributed by atoms with Crippen molar-refractivity contribution >= 4 is 23.4 Å². The molecule has 4 rings (SSSR count). The number of hydrogen-bond donors (Lipinski definition) is 0. The van der Waals surface area contributed by atoms with E-state index >= 15 is 0 Å². The van der Waals surface area contributed by atoms with Crippen LogP contribution in [0.1, 0.15) is 48.0 Å². The second-order valence-electron chi connectivity index (χ2n) is 9.16. The number of nitrogens with zero attached hydrogens (tertiary/aromatic N) is 3. The van der Waals surface area contributed by atoms with Crippen molar-refractivity contribution in [1.29, 1.82) is 0 Å². The van der Waals surface area contributed by atoms with Gasteiger partial charge < -0.3 is 23.8 Å². The van der Waals surface area contributed by atoms with E-state index in [0.717, 1.165) is 12.8 Å². The van der Waals surface area contributed by atoms with Gasteiger partial charge in [-0.05, 0) is 44.4 Å². The van der Waals surface area contributed by atoms with Crippen LogP contribution in [-0.4, -0.2) is 72.8 Å². The van der Waals surface area contributed by atoms with Crippen molar-refractivity contribution in [3.63, 3.8) is 0 Å². The molecule has 34 heavy (non-hydrogen) atoms. The molecule has 1 atom stereocenters. The quantitative estimate of drug-likeness (QED) is 0.589. The molecule has 184 valence electrons. The van der Waals surface area contributed by atoms with Gasteiger partial charge in [0.05, 0.1) is 25.5 Å². The van der Waals surface area contributed by atoms with E-state index in [1.807, 2.05) is 28.9 Å². The molecule has 2 fully saturated rings. The van der Waals surface area contributed by atoms with Crippen LogP contribution in [0.2, 0.25) is 5.02 Å². The number of piperidine rings is 1. The van der Waals surface area contributed by atoms with Crippen LogP contribution in [0.5, 0.6) is 5.75 Å². The summed E-state index contributed by atoms with van der Waals surface area (Å²) in [4.78, 5) is 30.5. The van der Waals surface area contributed by atoms with Crippen LogP contribution >= 0.6 is 11.6 Å². The first-order chi connectivity index (χ1) is 16.4. The number of benzene rings is 1. The molecule has 1 aromatic carbocycles. The van der Waals surface area contributed by atoms with Crippen molar-refractivity contribution in [1.82, 2.24) is 15.0 Å². The zero-order valence-electron chi connectivity index (χ0n) is 19.8. The number of aromatic nitrogens is 1. The summed E-state index contributed by atoms with van der Waals surface area (Å²) in [6.07, 6.45) is 2.49. The predicted molar refractivity (Wildman–Crippen MR) is 127 cm³/mol. The molecule has 0 saturated carbocycles. The summed E-state index contributed by atoms with van der Waals surface area (Å²) in [5.41, 5.74) is 0.690. The average molecular weight is 490 g/mol. The SMILES string of the molecule is CCc1noc(C)c1C(=O)N1CCC[C@](COc2cccc(Cl)c2)(CC(=O)N2CCOCC2)C1. The molecule has 3 heterocycles. The number of ether oxygens (including phenoxy) is 2. The molecule has 0 N–H and O–H groups in total. The third-order valence-corrected chi connectivity index (χ3v) is 6.90. The normalized spacial score (nSPS) is 20.9. The van der Waals surface area contributed by atoms with Gasteiger partial charge in [0.2, 0.25) is 5.91 Å². The maximum atomic E-state index is 13.5. The summed E-state index contributed by atoms with van der Waals surface area (Å²) in [6, 6.07) is 7.24. The summed E-state index contributed by atoms with van der Waals surface area (Å²) in [5.74, 6) is 1.15. The van der Waals surface area contributed by atoms with Crippen molar-refractivity contribution in [2.45, 2.75) is 39.5 Å². The van der Waals surface area contributed by atoms with Gasteiger partial charge in [0.25, 0.3) is 5.91 Å². The van der Waals surface area contributed by atoms with Crippen molar-refractivity contribution in [3.05, 3.63) is 46.3 Å². The fraction of sp³-hybridized carbons (Fsp3) is 0.560. The average Bonchev–Trinajstić information content (AvgIpc) is 3.23. The van der Waals surface area contributed by atoms with Gasteiger partial charge in [-0.25, -0.2) is 0 Å². The smallest absolute Gasteiger partial charge is 0.259 e. The van der Waals surface area contributed by atoms with Crippen molar-refractivity contribution < 1.29 is 23.6 Å². The van der Waals surface area contributed by atoms with Crippen LogP contribution < -0.4 is 4.74 Å². The second kappa shape index (κ2) is 10.8. The molecule has 0 unspecified atom stereocenters. The van der Waals surface area contributed by atoms with E-state index in [1.165, 1.54) is 0 Å². The first kappa shape index (κ1) is 24.5. The molecule has 2 saturated heterocycles. The van der Waals surface area contributed by atoms with Crippen LogP contribution in [0.15, 0.2) is 28.8 Å². The Kier molecular flexibility index (Phi) is 7.78. The molecule has 2 aliphatic heterocycles. The fourth-order valence-electron chi connectivity index (χ4n) is 4.82. The Hall–Kier alpha value is -2.58. The number of likely N-dealkylation sites (tertiary alicyclic amines) is 1. The lowest BCUT2D eigenvalue weighted by Gasteiger charge is -2.43. The Morgan fingerprint density at radius 3 is 2.74 bits per heavy atom. The van der Waals surface area contributed by atoms with Crippen LogP contribution in [-0.2, 0) is 16.0 Å². The summed E-state index contributed by atoms with van der Waals surface area (Å²) in [7, 11) is 0. The van der Waals surface area contributed by atoms with Gasteiger partial charge >= 0.3 is 0 Å². The molecule has 8 nitrogen and oxygen atoms in total. The van der Waals surface area contributed by atoms with Gasteiger partial charge in [0.15, 0.2) is 0 Å². The second-order valence-corrected chi connectivity index (χ2v) is 9.60. The van der Waals surface area contributed by atoms with Gasteiger partial charge in [-0.1, -0.05) is 29.7 Å². The molecular weight excluding hydrogens is 458 g/mol. The Morgan fingerprint density at radius 1 is 1.21 bits per heavy atom. The zero-order chi connectivity index (χ0) is 24.1. The topological polar surface area (TPSA) is 85.1 Å². The number of rotatable bonds is 7. The predicted octanol–water partition coefficient (Wildman–Crippen LogP) is 3.75. The summed E-state index contributed by atoms with van der Waals surface area (Å²) >= 11 is 6.13. The molecule has 1 aromatic heterocycles. The van der Waals surface area contributed by atoms with E-state index in [2.05, 4.69) is 5.16 Å². The minimum atomic E-state index is -0.511. The van der Waals surface area contributed by atoms with E-state index in [4.69, 9.17) is 25.6 Å². The maximum Gasteiger partial charge on any atom is 0.259 e. The molecule has 2 aromatic rings. The van der Waals surface area contributed by atoms with E-state index in [1.54, 1.807) is 19.1 Å². The zero-order valence-corrected chi connectivity index (χ0v) is 20.6. The van der Waals surface area contributed by atoms with Gasteiger partial charge in [-0.15, -0.1) is 0 Å². The first-order valence-corrected chi connectivity index (χ1v) is 12.3. The fourth-order valence-corrected chi connectivity index (χ4v) is 5.00. The highest BCUT2D eigenvalue weighted by molar-refractivity contribution is 6.30. The molecular formula is C25H32ClN3O5. The Morgan fingerprint density at radius 2 is 2.00 bits per heavy atom. The monoisotopic (exact) mass is 489 g/mol. The standard InChI is InChI=1S/C25H32ClN3O5/c1-3-21-23(18(2)34-27-21)24(31)29-9-5-8-25(16-29,15-22(30)28-10-12-32-13-11-28)17-33-20-7-4-6-19(26)14-20/h4,6-7,14H,3,5,8-13,15-17H2,1-2H3/t25-/m0/s1. The summed E-state index contributed by atoms with van der Waals surface area (Å²) in [6.45, 7) is 7.36. The molecule has 2 aliphatic rings. The molecule has 0 aliphatic carbocycles. The van der Waals surface area contributed by atoms with E-state index < -0.39 is 5.41 Å². The lowest BCUT2D eigenvalue weighted by Crippen LogP contribution is -2.52. The number of morpholine rings is 1. The summed E-state index contributed by atoms with van der Waals surface area (Å²) < 4.78 is 16.9. The largest absolute Gasteiger partial charge is 0.493 e. The third-order valence-electron chi connectivity index (χ3n) is 6.66. The molecule has 2 amide bonds.